The minimum atomic E-state index is -1.04. The van der Waals surface area contributed by atoms with Gasteiger partial charge in [0.05, 0.1) is 6.54 Å². The Morgan fingerprint density at radius 2 is 2.07 bits per heavy atom. The topological polar surface area (TPSA) is 131 Å². The minimum Gasteiger partial charge on any atom is -0.465 e. The van der Waals surface area contributed by atoms with Crippen molar-refractivity contribution in [1.29, 1.82) is 0 Å². The number of fused-ring (bicyclic) bond motifs is 1. The Hall–Kier alpha value is -3.56. The van der Waals surface area contributed by atoms with Crippen molar-refractivity contribution >= 4 is 29.2 Å². The highest BCUT2D eigenvalue weighted by atomic mass is 16.4. The molecular formula is C19H23N7O3. The van der Waals surface area contributed by atoms with E-state index in [1.807, 2.05) is 39.8 Å². The Balaban J connectivity index is 1.82. The molecule has 0 spiro atoms. The van der Waals surface area contributed by atoms with E-state index in [4.69, 9.17) is 10.8 Å². The third-order valence-corrected chi connectivity index (χ3v) is 5.22. The zero-order valence-electron chi connectivity index (χ0n) is 16.1. The number of piperidine rings is 1. The first-order valence-electron chi connectivity index (χ1n) is 9.45. The molecule has 0 bridgehead atoms. The lowest BCUT2D eigenvalue weighted by atomic mass is 10.1. The van der Waals surface area contributed by atoms with E-state index in [2.05, 4.69) is 15.3 Å². The van der Waals surface area contributed by atoms with Crippen LogP contribution in [0.25, 0.3) is 11.2 Å². The summed E-state index contributed by atoms with van der Waals surface area (Å²) in [5.74, 6) is 0.693. The number of hydrogen-bond donors (Lipinski definition) is 3. The van der Waals surface area contributed by atoms with Gasteiger partial charge in [-0.2, -0.15) is 9.97 Å². The van der Waals surface area contributed by atoms with Crippen molar-refractivity contribution in [3.05, 3.63) is 46.2 Å². The molecule has 10 nitrogen and oxygen atoms in total. The summed E-state index contributed by atoms with van der Waals surface area (Å²) in [5.41, 5.74) is 7.30. The van der Waals surface area contributed by atoms with Gasteiger partial charge in [-0.15, -0.1) is 0 Å². The number of hydrogen-bond acceptors (Lipinski definition) is 6. The second-order valence-corrected chi connectivity index (χ2v) is 7.22. The van der Waals surface area contributed by atoms with E-state index in [1.165, 1.54) is 4.57 Å². The van der Waals surface area contributed by atoms with Gasteiger partial charge in [0, 0.05) is 26.2 Å². The summed E-state index contributed by atoms with van der Waals surface area (Å²) < 4.78 is 3.16. The van der Waals surface area contributed by atoms with E-state index >= 15 is 0 Å². The summed E-state index contributed by atoms with van der Waals surface area (Å²) in [4.78, 5) is 34.9. The first kappa shape index (κ1) is 18.8. The maximum absolute atomic E-state index is 12.9. The Labute approximate surface area is 166 Å². The standard InChI is InChI=1S/C19H23N7O3/c1-24-16(27)14-15(22-17(24)20)23-18(26(14)10-12-6-3-2-4-7-12)25-9-5-8-13(11-25)21-19(28)29/h2-4,6-7,13,21H,5,8-11H2,1H3,(H2,20,22)(H,28,29). The van der Waals surface area contributed by atoms with Gasteiger partial charge in [-0.1, -0.05) is 30.3 Å². The van der Waals surface area contributed by atoms with Crippen LogP contribution in [0.4, 0.5) is 16.7 Å². The average molecular weight is 397 g/mol. The molecule has 1 fully saturated rings. The highest BCUT2D eigenvalue weighted by molar-refractivity contribution is 5.75. The van der Waals surface area contributed by atoms with Crippen molar-refractivity contribution in [2.75, 3.05) is 23.7 Å². The second kappa shape index (κ2) is 7.46. The fourth-order valence-corrected chi connectivity index (χ4v) is 3.77. The van der Waals surface area contributed by atoms with Gasteiger partial charge in [0.2, 0.25) is 11.9 Å². The van der Waals surface area contributed by atoms with Crippen molar-refractivity contribution in [3.8, 4) is 0 Å². The maximum atomic E-state index is 12.9. The molecule has 1 aliphatic rings. The summed E-state index contributed by atoms with van der Waals surface area (Å²) in [6, 6.07) is 9.58. The van der Waals surface area contributed by atoms with Crippen LogP contribution in [0.15, 0.2) is 35.1 Å². The first-order valence-corrected chi connectivity index (χ1v) is 9.45. The third kappa shape index (κ3) is 3.60. The van der Waals surface area contributed by atoms with Crippen LogP contribution in [0.1, 0.15) is 18.4 Å². The number of aromatic nitrogens is 4. The van der Waals surface area contributed by atoms with E-state index in [-0.39, 0.29) is 17.5 Å². The SMILES string of the molecule is Cn1c(N)nc2nc(N3CCCC(NC(=O)O)C3)n(Cc3ccccc3)c2c1=O. The first-order chi connectivity index (χ1) is 13.9. The van der Waals surface area contributed by atoms with Crippen molar-refractivity contribution in [2.45, 2.75) is 25.4 Å². The monoisotopic (exact) mass is 397 g/mol. The normalized spacial score (nSPS) is 16.9. The number of benzene rings is 1. The zero-order valence-corrected chi connectivity index (χ0v) is 16.1. The van der Waals surface area contributed by atoms with Crippen LogP contribution in [-0.4, -0.2) is 49.4 Å². The summed E-state index contributed by atoms with van der Waals surface area (Å²) in [6.07, 6.45) is 0.528. The fourth-order valence-electron chi connectivity index (χ4n) is 3.77. The predicted molar refractivity (Wildman–Crippen MR) is 109 cm³/mol. The van der Waals surface area contributed by atoms with E-state index in [9.17, 15) is 9.59 Å². The summed E-state index contributed by atoms with van der Waals surface area (Å²) in [7, 11) is 1.58. The van der Waals surface area contributed by atoms with Gasteiger partial charge in [0.1, 0.15) is 0 Å². The summed E-state index contributed by atoms with van der Waals surface area (Å²) in [6.45, 7) is 1.63. The number of nitrogens with one attached hydrogen (secondary N) is 1. The predicted octanol–water partition coefficient (Wildman–Crippen LogP) is 0.997. The molecule has 10 heteroatoms. The van der Waals surface area contributed by atoms with Crippen LogP contribution in [0.5, 0.6) is 0 Å². The molecule has 2 aromatic heterocycles. The van der Waals surface area contributed by atoms with E-state index in [0.29, 0.717) is 36.7 Å². The third-order valence-electron chi connectivity index (χ3n) is 5.22. The van der Waals surface area contributed by atoms with E-state index < -0.39 is 6.09 Å². The number of carboxylic acid groups (broad SMARTS) is 1. The molecular weight excluding hydrogens is 374 g/mol. The molecule has 29 heavy (non-hydrogen) atoms. The van der Waals surface area contributed by atoms with Crippen LogP contribution in [-0.2, 0) is 13.6 Å². The van der Waals surface area contributed by atoms with Crippen molar-refractivity contribution in [1.82, 2.24) is 24.4 Å². The summed E-state index contributed by atoms with van der Waals surface area (Å²) in [5, 5.41) is 11.6. The van der Waals surface area contributed by atoms with Crippen molar-refractivity contribution in [3.63, 3.8) is 0 Å². The molecule has 0 radical (unpaired) electrons. The molecule has 1 unspecified atom stereocenters. The van der Waals surface area contributed by atoms with E-state index in [1.54, 1.807) is 7.05 Å². The van der Waals surface area contributed by atoms with Crippen molar-refractivity contribution in [2.24, 2.45) is 7.05 Å². The highest BCUT2D eigenvalue weighted by Gasteiger charge is 2.27. The van der Waals surface area contributed by atoms with Crippen LogP contribution < -0.4 is 21.5 Å². The molecule has 0 aliphatic carbocycles. The van der Waals surface area contributed by atoms with Gasteiger partial charge in [-0.05, 0) is 18.4 Å². The number of amides is 1. The number of anilines is 2. The molecule has 4 N–H and O–H groups in total. The van der Waals surface area contributed by atoms with Gasteiger partial charge >= 0.3 is 6.09 Å². The Bertz CT molecular complexity index is 1110. The Morgan fingerprint density at radius 1 is 1.31 bits per heavy atom. The fraction of sp³-hybridized carbons (Fsp3) is 0.368. The summed E-state index contributed by atoms with van der Waals surface area (Å²) >= 11 is 0. The molecule has 4 rings (SSSR count). The van der Waals surface area contributed by atoms with Gasteiger partial charge in [-0.25, -0.2) is 4.79 Å². The molecule has 0 saturated carbocycles. The number of nitrogens with two attached hydrogens (primary N) is 1. The lowest BCUT2D eigenvalue weighted by molar-refractivity contribution is 0.188. The second-order valence-electron chi connectivity index (χ2n) is 7.22. The Morgan fingerprint density at radius 3 is 2.79 bits per heavy atom. The number of nitrogens with zero attached hydrogens (tertiary/aromatic N) is 5. The largest absolute Gasteiger partial charge is 0.465 e. The average Bonchev–Trinajstić information content (AvgIpc) is 3.05. The number of rotatable bonds is 4. The van der Waals surface area contributed by atoms with Crippen LogP contribution in [0, 0.1) is 0 Å². The molecule has 152 valence electrons. The van der Waals surface area contributed by atoms with E-state index in [0.717, 1.165) is 18.4 Å². The molecule has 3 aromatic rings. The molecule has 1 aliphatic heterocycles. The highest BCUT2D eigenvalue weighted by Crippen LogP contribution is 2.24. The lowest BCUT2D eigenvalue weighted by Gasteiger charge is -2.33. The Kier molecular flexibility index (Phi) is 4.83. The molecule has 3 heterocycles. The lowest BCUT2D eigenvalue weighted by Crippen LogP contribution is -2.48. The van der Waals surface area contributed by atoms with Crippen LogP contribution in [0.3, 0.4) is 0 Å². The maximum Gasteiger partial charge on any atom is 0.404 e. The molecule has 1 saturated heterocycles. The number of nitrogen functional groups attached to an aromatic ring is 1. The number of imidazole rings is 1. The van der Waals surface area contributed by atoms with Crippen molar-refractivity contribution < 1.29 is 9.90 Å². The van der Waals surface area contributed by atoms with Gasteiger partial charge < -0.3 is 21.1 Å². The van der Waals surface area contributed by atoms with Crippen LogP contribution in [0.2, 0.25) is 0 Å². The smallest absolute Gasteiger partial charge is 0.404 e. The van der Waals surface area contributed by atoms with Gasteiger partial charge in [0.25, 0.3) is 5.56 Å². The quantitative estimate of drug-likeness (QED) is 0.598. The zero-order chi connectivity index (χ0) is 20.5. The number of carbonyl (C=O) groups is 1. The molecule has 1 atom stereocenters. The van der Waals surface area contributed by atoms with Gasteiger partial charge in [-0.3, -0.25) is 13.9 Å². The van der Waals surface area contributed by atoms with Crippen LogP contribution >= 0.6 is 0 Å². The molecule has 1 amide bonds. The molecule has 1 aromatic carbocycles. The van der Waals surface area contributed by atoms with Gasteiger partial charge in [0.15, 0.2) is 11.2 Å². The minimum absolute atomic E-state index is 0.0995.